The predicted molar refractivity (Wildman–Crippen MR) is 108 cm³/mol. The molecule has 0 aliphatic carbocycles. The van der Waals surface area contributed by atoms with Crippen molar-refractivity contribution in [3.63, 3.8) is 0 Å². The van der Waals surface area contributed by atoms with Crippen molar-refractivity contribution in [2.75, 3.05) is 14.2 Å². The fraction of sp³-hybridized carbons (Fsp3) is 0.150. The maximum absolute atomic E-state index is 12.3. The number of hydrazone groups is 1. The van der Waals surface area contributed by atoms with Gasteiger partial charge in [0.15, 0.2) is 11.5 Å². The van der Waals surface area contributed by atoms with Crippen molar-refractivity contribution in [1.82, 2.24) is 15.6 Å². The number of nitrogens with one attached hydrogen (secondary N) is 2. The van der Waals surface area contributed by atoms with Gasteiger partial charge in [-0.05, 0) is 43.3 Å². The minimum Gasteiger partial charge on any atom is -0.493 e. The molecule has 28 heavy (non-hydrogen) atoms. The Morgan fingerprint density at radius 2 is 1.79 bits per heavy atom. The van der Waals surface area contributed by atoms with E-state index in [9.17, 15) is 4.79 Å². The van der Waals surface area contributed by atoms with Crippen molar-refractivity contribution in [2.24, 2.45) is 5.10 Å². The number of methoxy groups -OCH3 is 2. The number of ether oxygens (including phenoxy) is 2. The smallest absolute Gasteiger partial charge is 0.289 e. The zero-order chi connectivity index (χ0) is 20.1. The van der Waals surface area contributed by atoms with Crippen LogP contribution < -0.4 is 14.9 Å². The van der Waals surface area contributed by atoms with E-state index in [0.29, 0.717) is 33.6 Å². The molecule has 0 saturated carbocycles. The lowest BCUT2D eigenvalue weighted by atomic mass is 10.1. The van der Waals surface area contributed by atoms with Crippen molar-refractivity contribution < 1.29 is 14.3 Å². The summed E-state index contributed by atoms with van der Waals surface area (Å²) in [5, 5.41) is 11.7. The maximum Gasteiger partial charge on any atom is 0.289 e. The van der Waals surface area contributed by atoms with Crippen LogP contribution in [-0.4, -0.2) is 36.0 Å². The molecule has 144 valence electrons. The number of aromatic nitrogens is 2. The first-order valence-electron chi connectivity index (χ1n) is 8.40. The molecule has 8 heteroatoms. The number of halogens is 1. The van der Waals surface area contributed by atoms with Crippen LogP contribution in [0.1, 0.15) is 23.0 Å². The number of carbonyl (C=O) groups excluding carboxylic acids is 1. The third-order valence-corrected chi connectivity index (χ3v) is 4.34. The fourth-order valence-electron chi connectivity index (χ4n) is 2.53. The number of hydrogen-bond acceptors (Lipinski definition) is 5. The summed E-state index contributed by atoms with van der Waals surface area (Å²) in [5.41, 5.74) is 5.73. The Morgan fingerprint density at radius 3 is 2.46 bits per heavy atom. The van der Waals surface area contributed by atoms with Crippen molar-refractivity contribution in [1.29, 1.82) is 0 Å². The van der Waals surface area contributed by atoms with E-state index >= 15 is 0 Å². The van der Waals surface area contributed by atoms with E-state index in [1.807, 2.05) is 18.2 Å². The van der Waals surface area contributed by atoms with E-state index in [0.717, 1.165) is 11.1 Å². The molecule has 0 bridgehead atoms. The maximum atomic E-state index is 12.3. The predicted octanol–water partition coefficient (Wildman–Crippen LogP) is 3.90. The van der Waals surface area contributed by atoms with E-state index in [1.165, 1.54) is 0 Å². The molecule has 1 heterocycles. The van der Waals surface area contributed by atoms with Gasteiger partial charge in [0, 0.05) is 16.1 Å². The van der Waals surface area contributed by atoms with Crippen LogP contribution in [0, 0.1) is 0 Å². The van der Waals surface area contributed by atoms with E-state index in [-0.39, 0.29) is 0 Å². The van der Waals surface area contributed by atoms with Gasteiger partial charge >= 0.3 is 0 Å². The molecule has 7 nitrogen and oxygen atoms in total. The van der Waals surface area contributed by atoms with Crippen molar-refractivity contribution in [3.8, 4) is 22.8 Å². The van der Waals surface area contributed by atoms with Gasteiger partial charge < -0.3 is 9.47 Å². The number of benzene rings is 2. The number of amides is 1. The van der Waals surface area contributed by atoms with Crippen LogP contribution in [-0.2, 0) is 0 Å². The molecule has 0 atom stereocenters. The van der Waals surface area contributed by atoms with Gasteiger partial charge in [-0.2, -0.15) is 10.2 Å². The van der Waals surface area contributed by atoms with Gasteiger partial charge in [-0.15, -0.1) is 0 Å². The molecule has 3 rings (SSSR count). The molecule has 0 fully saturated rings. The SMILES string of the molecule is COc1ccc(C(C)=NNC(=O)c2cc(-c3ccc(Cl)cc3)n[nH]2)cc1OC. The van der Waals surface area contributed by atoms with Gasteiger partial charge in [0.25, 0.3) is 5.91 Å². The molecule has 0 unspecified atom stereocenters. The Kier molecular flexibility index (Phi) is 5.96. The van der Waals surface area contributed by atoms with Gasteiger partial charge in [0.2, 0.25) is 0 Å². The Bertz CT molecular complexity index is 1010. The van der Waals surface area contributed by atoms with Gasteiger partial charge in [-0.3, -0.25) is 9.89 Å². The van der Waals surface area contributed by atoms with Crippen LogP contribution in [0.25, 0.3) is 11.3 Å². The first-order chi connectivity index (χ1) is 13.5. The molecule has 0 saturated heterocycles. The first kappa shape index (κ1) is 19.4. The summed E-state index contributed by atoms with van der Waals surface area (Å²) in [6, 6.07) is 14.3. The highest BCUT2D eigenvalue weighted by atomic mass is 35.5. The minimum absolute atomic E-state index is 0.300. The molecular weight excluding hydrogens is 380 g/mol. The number of nitrogens with zero attached hydrogens (tertiary/aromatic N) is 2. The van der Waals surface area contributed by atoms with Crippen LogP contribution in [0.4, 0.5) is 0 Å². The monoisotopic (exact) mass is 398 g/mol. The fourth-order valence-corrected chi connectivity index (χ4v) is 2.65. The molecule has 0 aliphatic heterocycles. The van der Waals surface area contributed by atoms with Crippen LogP contribution in [0.5, 0.6) is 11.5 Å². The second-order valence-corrected chi connectivity index (χ2v) is 6.32. The highest BCUT2D eigenvalue weighted by Gasteiger charge is 2.11. The second-order valence-electron chi connectivity index (χ2n) is 5.88. The zero-order valence-corrected chi connectivity index (χ0v) is 16.4. The second kappa shape index (κ2) is 8.58. The lowest BCUT2D eigenvalue weighted by Gasteiger charge is -2.09. The molecule has 2 N–H and O–H groups in total. The highest BCUT2D eigenvalue weighted by Crippen LogP contribution is 2.27. The summed E-state index contributed by atoms with van der Waals surface area (Å²) in [7, 11) is 3.13. The largest absolute Gasteiger partial charge is 0.493 e. The van der Waals surface area contributed by atoms with Crippen molar-refractivity contribution in [3.05, 3.63) is 64.8 Å². The van der Waals surface area contributed by atoms with E-state index in [4.69, 9.17) is 21.1 Å². The Morgan fingerprint density at radius 1 is 1.07 bits per heavy atom. The summed E-state index contributed by atoms with van der Waals surface area (Å²) in [5.74, 6) is 0.810. The zero-order valence-electron chi connectivity index (χ0n) is 15.6. The summed E-state index contributed by atoms with van der Waals surface area (Å²) in [4.78, 5) is 12.3. The van der Waals surface area contributed by atoms with E-state index in [1.54, 1.807) is 51.5 Å². The summed E-state index contributed by atoms with van der Waals surface area (Å²) < 4.78 is 10.5. The van der Waals surface area contributed by atoms with Crippen LogP contribution in [0.3, 0.4) is 0 Å². The molecule has 3 aromatic rings. The Hall–Kier alpha value is -3.32. The summed E-state index contributed by atoms with van der Waals surface area (Å²) in [6.07, 6.45) is 0. The molecular formula is C20H19ClN4O3. The Balaban J connectivity index is 1.72. The summed E-state index contributed by atoms with van der Waals surface area (Å²) >= 11 is 5.89. The lowest BCUT2D eigenvalue weighted by molar-refractivity contribution is 0.0950. The average molecular weight is 399 g/mol. The molecule has 1 aromatic heterocycles. The van der Waals surface area contributed by atoms with Gasteiger partial charge in [-0.25, -0.2) is 5.43 Å². The van der Waals surface area contributed by atoms with Crippen molar-refractivity contribution in [2.45, 2.75) is 6.92 Å². The van der Waals surface area contributed by atoms with E-state index in [2.05, 4.69) is 20.7 Å². The van der Waals surface area contributed by atoms with Gasteiger partial charge in [0.05, 0.1) is 25.6 Å². The highest BCUT2D eigenvalue weighted by molar-refractivity contribution is 6.30. The Labute approximate surface area is 167 Å². The van der Waals surface area contributed by atoms with Crippen LogP contribution in [0.15, 0.2) is 53.6 Å². The average Bonchev–Trinajstić information content (AvgIpc) is 3.22. The van der Waals surface area contributed by atoms with Gasteiger partial charge in [0.1, 0.15) is 5.69 Å². The molecule has 0 aliphatic rings. The lowest BCUT2D eigenvalue weighted by Crippen LogP contribution is -2.19. The third kappa shape index (κ3) is 4.32. The summed E-state index contributed by atoms with van der Waals surface area (Å²) in [6.45, 7) is 1.79. The quantitative estimate of drug-likeness (QED) is 0.486. The molecule has 0 radical (unpaired) electrons. The van der Waals surface area contributed by atoms with Gasteiger partial charge in [-0.1, -0.05) is 23.7 Å². The van der Waals surface area contributed by atoms with Crippen molar-refractivity contribution >= 4 is 23.2 Å². The number of aromatic amines is 1. The minimum atomic E-state index is -0.396. The number of carbonyl (C=O) groups is 1. The normalized spacial score (nSPS) is 11.2. The third-order valence-electron chi connectivity index (χ3n) is 4.09. The number of H-pyrrole nitrogens is 1. The van der Waals surface area contributed by atoms with Crippen LogP contribution >= 0.6 is 11.6 Å². The number of hydrogen-bond donors (Lipinski definition) is 2. The number of rotatable bonds is 6. The van der Waals surface area contributed by atoms with Crippen LogP contribution in [0.2, 0.25) is 5.02 Å². The molecule has 2 aromatic carbocycles. The standard InChI is InChI=1S/C20H19ClN4O3/c1-12(14-6-9-18(27-2)19(10-14)28-3)22-25-20(26)17-11-16(23-24-17)13-4-7-15(21)8-5-13/h4-11H,1-3H3,(H,23,24)(H,25,26). The molecule has 1 amide bonds. The topological polar surface area (TPSA) is 88.6 Å². The molecule has 0 spiro atoms. The first-order valence-corrected chi connectivity index (χ1v) is 8.78. The van der Waals surface area contributed by atoms with E-state index < -0.39 is 5.91 Å².